The van der Waals surface area contributed by atoms with Crippen LogP contribution in [0.5, 0.6) is 5.75 Å². The molecule has 1 amide bonds. The van der Waals surface area contributed by atoms with Crippen LogP contribution < -0.4 is 10.1 Å². The highest BCUT2D eigenvalue weighted by Crippen LogP contribution is 2.20. The van der Waals surface area contributed by atoms with E-state index in [2.05, 4.69) is 10.3 Å². The van der Waals surface area contributed by atoms with E-state index in [9.17, 15) is 4.79 Å². The molecule has 0 atom stereocenters. The van der Waals surface area contributed by atoms with Gasteiger partial charge in [0.2, 0.25) is 5.91 Å². The van der Waals surface area contributed by atoms with Crippen molar-refractivity contribution in [2.75, 3.05) is 5.32 Å². The fraction of sp³-hybridized carbons (Fsp3) is 0.130. The minimum atomic E-state index is -0.146. The van der Waals surface area contributed by atoms with E-state index >= 15 is 0 Å². The zero-order valence-corrected chi connectivity index (χ0v) is 16.7. The average molecular weight is 406 g/mol. The Kier molecular flexibility index (Phi) is 5.49. The molecule has 3 aromatic carbocycles. The molecule has 6 heteroatoms. The van der Waals surface area contributed by atoms with Gasteiger partial charge in [0.15, 0.2) is 0 Å². The van der Waals surface area contributed by atoms with E-state index in [1.54, 1.807) is 24.3 Å². The number of anilines is 1. The van der Waals surface area contributed by atoms with Crippen LogP contribution in [0.25, 0.3) is 11.0 Å². The van der Waals surface area contributed by atoms with Gasteiger partial charge in [0.25, 0.3) is 0 Å². The van der Waals surface area contributed by atoms with Gasteiger partial charge >= 0.3 is 0 Å². The molecular formula is C23H20ClN3O2. The third kappa shape index (κ3) is 4.58. The van der Waals surface area contributed by atoms with E-state index in [1.807, 2.05) is 60.0 Å². The molecule has 0 saturated carbocycles. The van der Waals surface area contributed by atoms with Gasteiger partial charge in [-0.25, -0.2) is 4.98 Å². The quantitative estimate of drug-likeness (QED) is 0.478. The van der Waals surface area contributed by atoms with Crippen molar-refractivity contribution in [1.29, 1.82) is 0 Å². The molecule has 29 heavy (non-hydrogen) atoms. The van der Waals surface area contributed by atoms with E-state index in [1.165, 1.54) is 0 Å². The molecule has 1 aromatic heterocycles. The smallest absolute Gasteiger partial charge is 0.244 e. The number of hydrogen-bond acceptors (Lipinski definition) is 3. The van der Waals surface area contributed by atoms with Crippen molar-refractivity contribution in [2.24, 2.45) is 0 Å². The Morgan fingerprint density at radius 3 is 2.66 bits per heavy atom. The van der Waals surface area contributed by atoms with Crippen LogP contribution in [0.1, 0.15) is 11.4 Å². The number of benzene rings is 3. The van der Waals surface area contributed by atoms with Crippen LogP contribution in [0.15, 0.2) is 72.8 Å². The fourth-order valence-corrected chi connectivity index (χ4v) is 3.27. The lowest BCUT2D eigenvalue weighted by Gasteiger charge is -2.11. The summed E-state index contributed by atoms with van der Waals surface area (Å²) >= 11 is 5.91. The summed E-state index contributed by atoms with van der Waals surface area (Å²) in [5, 5.41) is 3.52. The first kappa shape index (κ1) is 19.0. The summed E-state index contributed by atoms with van der Waals surface area (Å²) in [5.74, 6) is 1.32. The van der Waals surface area contributed by atoms with Crippen molar-refractivity contribution >= 4 is 34.2 Å². The number of carbonyl (C=O) groups is 1. The largest absolute Gasteiger partial charge is 0.486 e. The van der Waals surface area contributed by atoms with Crippen molar-refractivity contribution in [1.82, 2.24) is 9.55 Å². The average Bonchev–Trinajstić information content (AvgIpc) is 3.06. The van der Waals surface area contributed by atoms with Crippen LogP contribution in [-0.4, -0.2) is 15.5 Å². The predicted molar refractivity (Wildman–Crippen MR) is 115 cm³/mol. The first-order chi connectivity index (χ1) is 14.1. The number of aryl methyl sites for hydroxylation is 1. The van der Waals surface area contributed by atoms with Crippen LogP contribution in [0.4, 0.5) is 5.69 Å². The molecule has 146 valence electrons. The second-order valence-corrected chi connectivity index (χ2v) is 7.20. The second-order valence-electron chi connectivity index (χ2n) is 6.76. The number of imidazole rings is 1. The Bertz CT molecular complexity index is 1150. The highest BCUT2D eigenvalue weighted by Gasteiger charge is 2.14. The van der Waals surface area contributed by atoms with Gasteiger partial charge in [-0.1, -0.05) is 35.9 Å². The summed E-state index contributed by atoms with van der Waals surface area (Å²) in [6.45, 7) is 2.42. The lowest BCUT2D eigenvalue weighted by Crippen LogP contribution is -2.20. The molecule has 0 saturated heterocycles. The third-order valence-corrected chi connectivity index (χ3v) is 4.77. The van der Waals surface area contributed by atoms with E-state index in [0.29, 0.717) is 16.5 Å². The molecule has 1 heterocycles. The summed E-state index contributed by atoms with van der Waals surface area (Å²) in [4.78, 5) is 17.3. The van der Waals surface area contributed by atoms with Crippen LogP contribution in [-0.2, 0) is 17.9 Å². The van der Waals surface area contributed by atoms with Crippen molar-refractivity contribution < 1.29 is 9.53 Å². The molecule has 4 aromatic rings. The van der Waals surface area contributed by atoms with Gasteiger partial charge in [-0.3, -0.25) is 4.79 Å². The molecule has 5 nitrogen and oxygen atoms in total. The lowest BCUT2D eigenvalue weighted by molar-refractivity contribution is -0.116. The number of ether oxygens (including phenoxy) is 1. The maximum atomic E-state index is 12.6. The molecule has 0 aliphatic heterocycles. The Morgan fingerprint density at radius 1 is 1.07 bits per heavy atom. The number of rotatable bonds is 6. The number of carbonyl (C=O) groups excluding carboxylic acids is 1. The zero-order valence-electron chi connectivity index (χ0n) is 15.9. The first-order valence-electron chi connectivity index (χ1n) is 9.27. The number of aromatic nitrogens is 2. The van der Waals surface area contributed by atoms with Crippen LogP contribution in [0.2, 0.25) is 5.02 Å². The third-order valence-electron chi connectivity index (χ3n) is 4.52. The number of amides is 1. The number of nitrogens with zero attached hydrogens (tertiary/aromatic N) is 2. The summed E-state index contributed by atoms with van der Waals surface area (Å²) in [7, 11) is 0. The fourth-order valence-electron chi connectivity index (χ4n) is 3.14. The maximum absolute atomic E-state index is 12.6. The highest BCUT2D eigenvalue weighted by molar-refractivity contribution is 6.30. The monoisotopic (exact) mass is 405 g/mol. The predicted octanol–water partition coefficient (Wildman–Crippen LogP) is 5.22. The molecule has 0 spiro atoms. The van der Waals surface area contributed by atoms with Crippen molar-refractivity contribution in [3.8, 4) is 5.75 Å². The van der Waals surface area contributed by atoms with Crippen LogP contribution in [0.3, 0.4) is 0 Å². The standard InChI is InChI=1S/C23H20ClN3O2/c1-16-5-4-6-19(13-16)29-15-22-26-20-7-2-3-8-21(20)27(22)14-23(28)25-18-11-9-17(24)10-12-18/h2-13H,14-15H2,1H3,(H,25,28). The lowest BCUT2D eigenvalue weighted by atomic mass is 10.2. The number of fused-ring (bicyclic) bond motifs is 1. The summed E-state index contributed by atoms with van der Waals surface area (Å²) in [6.07, 6.45) is 0. The van der Waals surface area contributed by atoms with E-state index in [4.69, 9.17) is 16.3 Å². The van der Waals surface area contributed by atoms with Gasteiger partial charge < -0.3 is 14.6 Å². The molecule has 0 radical (unpaired) electrons. The zero-order chi connectivity index (χ0) is 20.2. The number of halogens is 1. The molecule has 0 fully saturated rings. The van der Waals surface area contributed by atoms with Gasteiger partial charge in [-0.15, -0.1) is 0 Å². The van der Waals surface area contributed by atoms with Crippen LogP contribution in [0, 0.1) is 6.92 Å². The Hall–Kier alpha value is -3.31. The van der Waals surface area contributed by atoms with Gasteiger partial charge in [-0.05, 0) is 61.0 Å². The summed E-state index contributed by atoms with van der Waals surface area (Å²) < 4.78 is 7.81. The molecule has 0 aliphatic rings. The Morgan fingerprint density at radius 2 is 1.86 bits per heavy atom. The van der Waals surface area contributed by atoms with Gasteiger partial charge in [0, 0.05) is 10.7 Å². The maximum Gasteiger partial charge on any atom is 0.244 e. The topological polar surface area (TPSA) is 56.2 Å². The summed E-state index contributed by atoms with van der Waals surface area (Å²) in [6, 6.07) is 22.6. The number of hydrogen-bond donors (Lipinski definition) is 1. The second kappa shape index (κ2) is 8.37. The van der Waals surface area contributed by atoms with E-state index in [0.717, 1.165) is 22.3 Å². The molecule has 0 unspecified atom stereocenters. The van der Waals surface area contributed by atoms with Crippen molar-refractivity contribution in [3.05, 3.63) is 89.2 Å². The minimum Gasteiger partial charge on any atom is -0.486 e. The molecular weight excluding hydrogens is 386 g/mol. The summed E-state index contributed by atoms with van der Waals surface area (Å²) in [5.41, 5.74) is 3.54. The van der Waals surface area contributed by atoms with Gasteiger partial charge in [-0.2, -0.15) is 0 Å². The minimum absolute atomic E-state index is 0.135. The first-order valence-corrected chi connectivity index (χ1v) is 9.65. The normalized spacial score (nSPS) is 10.8. The van der Waals surface area contributed by atoms with Gasteiger partial charge in [0.1, 0.15) is 24.7 Å². The molecule has 4 rings (SSSR count). The SMILES string of the molecule is Cc1cccc(OCc2nc3ccccc3n2CC(=O)Nc2ccc(Cl)cc2)c1. The van der Waals surface area contributed by atoms with Crippen molar-refractivity contribution in [3.63, 3.8) is 0 Å². The molecule has 0 aliphatic carbocycles. The van der Waals surface area contributed by atoms with E-state index in [-0.39, 0.29) is 19.1 Å². The highest BCUT2D eigenvalue weighted by atomic mass is 35.5. The van der Waals surface area contributed by atoms with Gasteiger partial charge in [0.05, 0.1) is 11.0 Å². The van der Waals surface area contributed by atoms with Crippen LogP contribution >= 0.6 is 11.6 Å². The number of nitrogens with one attached hydrogen (secondary N) is 1. The van der Waals surface area contributed by atoms with E-state index < -0.39 is 0 Å². The molecule has 1 N–H and O–H groups in total. The molecule has 0 bridgehead atoms. The Balaban J connectivity index is 1.56. The Labute approximate surface area is 173 Å². The van der Waals surface area contributed by atoms with Crippen molar-refractivity contribution in [2.45, 2.75) is 20.1 Å². The number of para-hydroxylation sites is 2.